The maximum Gasteiger partial charge on any atom is 0.258 e. The van der Waals surface area contributed by atoms with Crippen molar-refractivity contribution in [1.29, 1.82) is 0 Å². The number of aliphatic hydroxyl groups is 1. The Bertz CT molecular complexity index is 483. The van der Waals surface area contributed by atoms with Crippen molar-refractivity contribution in [3.05, 3.63) is 11.8 Å². The van der Waals surface area contributed by atoms with Crippen molar-refractivity contribution in [2.45, 2.75) is 24.5 Å². The number of rotatable bonds is 5. The van der Waals surface area contributed by atoms with Crippen LogP contribution in [0.4, 0.5) is 0 Å². The maximum absolute atomic E-state index is 12.6. The number of aromatic nitrogens is 2. The van der Waals surface area contributed by atoms with Crippen molar-refractivity contribution in [3.8, 4) is 0 Å². The molecule has 0 radical (unpaired) electrons. The smallest absolute Gasteiger partial charge is 0.258 e. The second-order valence-corrected chi connectivity index (χ2v) is 6.18. The highest BCUT2D eigenvalue weighted by Crippen LogP contribution is 2.20. The lowest BCUT2D eigenvalue weighted by molar-refractivity contribution is 0.0521. The Morgan fingerprint density at radius 3 is 2.67 bits per heavy atom. The zero-order valence-electron chi connectivity index (χ0n) is 12.9. The van der Waals surface area contributed by atoms with Crippen LogP contribution in [0.2, 0.25) is 0 Å². The lowest BCUT2D eigenvalue weighted by Gasteiger charge is -2.35. The summed E-state index contributed by atoms with van der Waals surface area (Å²) in [6.45, 7) is 5.73. The Labute approximate surface area is 130 Å². The van der Waals surface area contributed by atoms with E-state index in [0.29, 0.717) is 25.2 Å². The van der Waals surface area contributed by atoms with Crippen molar-refractivity contribution in [2.24, 2.45) is 7.05 Å². The Balaban J connectivity index is 1.94. The van der Waals surface area contributed by atoms with Crippen LogP contribution >= 0.6 is 11.8 Å². The minimum atomic E-state index is -0.270. The van der Waals surface area contributed by atoms with Gasteiger partial charge in [-0.3, -0.25) is 14.4 Å². The van der Waals surface area contributed by atoms with E-state index >= 15 is 0 Å². The first-order valence-electron chi connectivity index (χ1n) is 7.32. The van der Waals surface area contributed by atoms with E-state index in [1.807, 2.05) is 25.1 Å². The summed E-state index contributed by atoms with van der Waals surface area (Å²) in [5.74, 6) is 0.0585. The van der Waals surface area contributed by atoms with Crippen molar-refractivity contribution >= 4 is 17.7 Å². The first-order chi connectivity index (χ1) is 10.0. The molecule has 118 valence electrons. The van der Waals surface area contributed by atoms with Crippen LogP contribution in [0.1, 0.15) is 23.7 Å². The summed E-state index contributed by atoms with van der Waals surface area (Å²) in [7, 11) is 1.83. The van der Waals surface area contributed by atoms with Gasteiger partial charge in [0.15, 0.2) is 0 Å². The molecule has 1 aliphatic rings. The third-order valence-corrected chi connectivity index (χ3v) is 4.51. The zero-order valence-corrected chi connectivity index (χ0v) is 13.8. The molecule has 0 saturated carbocycles. The molecule has 2 rings (SSSR count). The van der Waals surface area contributed by atoms with E-state index in [4.69, 9.17) is 0 Å². The Kier molecular flexibility index (Phi) is 5.66. The van der Waals surface area contributed by atoms with Gasteiger partial charge in [-0.15, -0.1) is 11.8 Å². The number of piperazine rings is 1. The molecule has 21 heavy (non-hydrogen) atoms. The van der Waals surface area contributed by atoms with Gasteiger partial charge in [0.05, 0.1) is 11.7 Å². The number of amides is 1. The monoisotopic (exact) mass is 312 g/mol. The number of aryl methyl sites for hydroxylation is 1. The summed E-state index contributed by atoms with van der Waals surface area (Å²) in [5.41, 5.74) is 0.687. The third-order valence-electron chi connectivity index (χ3n) is 3.82. The molecule has 0 bridgehead atoms. The van der Waals surface area contributed by atoms with E-state index in [-0.39, 0.29) is 12.0 Å². The number of β-amino-alcohol motifs (C(OH)–C–C–N with tert-alkyl or cyclic N) is 1. The van der Waals surface area contributed by atoms with Crippen LogP contribution in [0.3, 0.4) is 0 Å². The molecule has 1 amide bonds. The molecule has 0 unspecified atom stereocenters. The molecule has 2 heterocycles. The fourth-order valence-corrected chi connectivity index (χ4v) is 3.07. The molecule has 1 atom stereocenters. The van der Waals surface area contributed by atoms with Crippen LogP contribution in [0, 0.1) is 0 Å². The molecule has 0 spiro atoms. The number of hydrogen-bond acceptors (Lipinski definition) is 5. The fraction of sp³-hybridized carbons (Fsp3) is 0.714. The van der Waals surface area contributed by atoms with Gasteiger partial charge in [-0.1, -0.05) is 6.92 Å². The van der Waals surface area contributed by atoms with E-state index in [0.717, 1.165) is 24.5 Å². The molecule has 0 aliphatic carbocycles. The van der Waals surface area contributed by atoms with Gasteiger partial charge in [0.1, 0.15) is 5.03 Å². The summed E-state index contributed by atoms with van der Waals surface area (Å²) >= 11 is 1.50. The first-order valence-corrected chi connectivity index (χ1v) is 8.55. The average molecular weight is 312 g/mol. The minimum absolute atomic E-state index is 0.0585. The Morgan fingerprint density at radius 2 is 2.10 bits per heavy atom. The number of aliphatic hydroxyl groups excluding tert-OH is 1. The van der Waals surface area contributed by atoms with Crippen LogP contribution in [-0.4, -0.2) is 75.7 Å². The van der Waals surface area contributed by atoms with Crippen LogP contribution < -0.4 is 0 Å². The summed E-state index contributed by atoms with van der Waals surface area (Å²) in [6, 6.07) is 0. The molecule has 0 aromatic carbocycles. The van der Waals surface area contributed by atoms with Gasteiger partial charge in [0.2, 0.25) is 0 Å². The molecule has 1 N–H and O–H groups in total. The zero-order chi connectivity index (χ0) is 15.4. The summed E-state index contributed by atoms with van der Waals surface area (Å²) in [6.07, 6.45) is 4.23. The maximum atomic E-state index is 12.6. The molecule has 7 heteroatoms. The highest BCUT2D eigenvalue weighted by Gasteiger charge is 2.25. The number of nitrogens with zero attached hydrogens (tertiary/aromatic N) is 4. The molecular formula is C14H24N4O2S. The van der Waals surface area contributed by atoms with Crippen LogP contribution in [0.25, 0.3) is 0 Å². The second kappa shape index (κ2) is 7.29. The molecular weight excluding hydrogens is 288 g/mol. The van der Waals surface area contributed by atoms with Crippen LogP contribution in [0.15, 0.2) is 11.2 Å². The van der Waals surface area contributed by atoms with E-state index in [1.54, 1.807) is 10.9 Å². The fourth-order valence-electron chi connectivity index (χ4n) is 2.50. The van der Waals surface area contributed by atoms with Crippen LogP contribution in [0.5, 0.6) is 0 Å². The highest BCUT2D eigenvalue weighted by atomic mass is 32.2. The van der Waals surface area contributed by atoms with Gasteiger partial charge in [-0.25, -0.2) is 0 Å². The van der Waals surface area contributed by atoms with Gasteiger partial charge >= 0.3 is 0 Å². The SMILES string of the molecule is CC[C@H](O)CN1CCN(C(=O)c2cn(C)nc2SC)CC1. The molecule has 1 aliphatic heterocycles. The van der Waals surface area contributed by atoms with Gasteiger partial charge in [0.25, 0.3) is 5.91 Å². The summed E-state index contributed by atoms with van der Waals surface area (Å²) in [5, 5.41) is 14.8. The lowest BCUT2D eigenvalue weighted by Crippen LogP contribution is -2.50. The molecule has 6 nitrogen and oxygen atoms in total. The number of carbonyl (C=O) groups excluding carboxylic acids is 1. The number of hydrogen-bond donors (Lipinski definition) is 1. The van der Waals surface area contributed by atoms with Crippen LogP contribution in [-0.2, 0) is 7.05 Å². The van der Waals surface area contributed by atoms with Crippen molar-refractivity contribution in [2.75, 3.05) is 39.0 Å². The minimum Gasteiger partial charge on any atom is -0.392 e. The summed E-state index contributed by atoms with van der Waals surface area (Å²) < 4.78 is 1.69. The molecule has 1 aromatic rings. The van der Waals surface area contributed by atoms with Crippen molar-refractivity contribution in [1.82, 2.24) is 19.6 Å². The molecule has 1 aromatic heterocycles. The predicted molar refractivity (Wildman–Crippen MR) is 83.6 cm³/mol. The standard InChI is InChI=1S/C14H24N4O2S/c1-4-11(19)9-17-5-7-18(8-6-17)14(20)12-10-16(2)15-13(12)21-3/h10-11,19H,4-9H2,1-3H3/t11-/m0/s1. The highest BCUT2D eigenvalue weighted by molar-refractivity contribution is 7.98. The normalized spacial score (nSPS) is 18.0. The first kappa shape index (κ1) is 16.3. The van der Waals surface area contributed by atoms with Crippen molar-refractivity contribution < 1.29 is 9.90 Å². The number of carbonyl (C=O) groups is 1. The second-order valence-electron chi connectivity index (χ2n) is 5.38. The number of thioether (sulfide) groups is 1. The van der Waals surface area contributed by atoms with Gasteiger partial charge in [-0.05, 0) is 12.7 Å². The lowest BCUT2D eigenvalue weighted by atomic mass is 10.2. The van der Waals surface area contributed by atoms with E-state index in [9.17, 15) is 9.90 Å². The average Bonchev–Trinajstić information content (AvgIpc) is 2.88. The molecule has 1 saturated heterocycles. The molecule has 1 fully saturated rings. The van der Waals surface area contributed by atoms with Gasteiger partial charge in [0, 0.05) is 46.0 Å². The topological polar surface area (TPSA) is 61.6 Å². The summed E-state index contributed by atoms with van der Waals surface area (Å²) in [4.78, 5) is 16.7. The van der Waals surface area contributed by atoms with E-state index < -0.39 is 0 Å². The van der Waals surface area contributed by atoms with Gasteiger partial charge in [-0.2, -0.15) is 5.10 Å². The Hall–Kier alpha value is -1.05. The largest absolute Gasteiger partial charge is 0.392 e. The van der Waals surface area contributed by atoms with E-state index in [1.165, 1.54) is 11.8 Å². The predicted octanol–water partition coefficient (Wildman–Crippen LogP) is 0.671. The third kappa shape index (κ3) is 3.99. The van der Waals surface area contributed by atoms with E-state index in [2.05, 4.69) is 10.00 Å². The van der Waals surface area contributed by atoms with Gasteiger partial charge < -0.3 is 10.0 Å². The van der Waals surface area contributed by atoms with Crippen molar-refractivity contribution in [3.63, 3.8) is 0 Å². The quantitative estimate of drug-likeness (QED) is 0.810. The Morgan fingerprint density at radius 1 is 1.43 bits per heavy atom.